The third-order valence-electron chi connectivity index (χ3n) is 3.52. The Labute approximate surface area is 122 Å². The second kappa shape index (κ2) is 6.50. The van der Waals surface area contributed by atoms with Crippen LogP contribution in [-0.2, 0) is 6.54 Å². The molecular formula is C15H27N5. The monoisotopic (exact) mass is 277 g/mol. The minimum atomic E-state index is 0.100. The Morgan fingerprint density at radius 2 is 1.95 bits per heavy atom. The Balaban J connectivity index is 2.01. The molecule has 20 heavy (non-hydrogen) atoms. The maximum Gasteiger partial charge on any atom is 0.147 e. The smallest absolute Gasteiger partial charge is 0.147 e. The predicted octanol–water partition coefficient (Wildman–Crippen LogP) is 1.51. The fourth-order valence-corrected chi connectivity index (χ4v) is 2.26. The first kappa shape index (κ1) is 15.2. The maximum absolute atomic E-state index is 4.75. The Hall–Kier alpha value is -1.20. The van der Waals surface area contributed by atoms with Crippen LogP contribution in [0.5, 0.6) is 0 Å². The highest BCUT2D eigenvalue weighted by atomic mass is 15.2. The second-order valence-electron chi connectivity index (χ2n) is 6.62. The average molecular weight is 277 g/mol. The molecule has 0 radical (unpaired) electrons. The van der Waals surface area contributed by atoms with Crippen molar-refractivity contribution in [2.24, 2.45) is 0 Å². The van der Waals surface area contributed by atoms with Gasteiger partial charge in [0.1, 0.15) is 5.82 Å². The zero-order valence-corrected chi connectivity index (χ0v) is 13.2. The Morgan fingerprint density at radius 3 is 2.70 bits per heavy atom. The number of rotatable bonds is 3. The van der Waals surface area contributed by atoms with Gasteiger partial charge in [-0.1, -0.05) is 0 Å². The summed E-state index contributed by atoms with van der Waals surface area (Å²) in [5.41, 5.74) is 1.11. The van der Waals surface area contributed by atoms with Crippen molar-refractivity contribution >= 4 is 5.82 Å². The van der Waals surface area contributed by atoms with Crippen LogP contribution in [0.1, 0.15) is 32.9 Å². The van der Waals surface area contributed by atoms with E-state index in [-0.39, 0.29) is 5.54 Å². The number of anilines is 1. The van der Waals surface area contributed by atoms with Crippen LogP contribution in [0.15, 0.2) is 12.4 Å². The molecule has 5 nitrogen and oxygen atoms in total. The molecule has 0 amide bonds. The van der Waals surface area contributed by atoms with Crippen LogP contribution in [0.25, 0.3) is 0 Å². The zero-order valence-electron chi connectivity index (χ0n) is 13.2. The summed E-state index contributed by atoms with van der Waals surface area (Å²) in [7, 11) is 2.18. The molecule has 0 bridgehead atoms. The lowest BCUT2D eigenvalue weighted by Crippen LogP contribution is -2.35. The molecule has 2 rings (SSSR count). The molecule has 1 fully saturated rings. The molecule has 0 unspecified atom stereocenters. The van der Waals surface area contributed by atoms with Gasteiger partial charge in [0.25, 0.3) is 0 Å². The summed E-state index contributed by atoms with van der Waals surface area (Å²) in [6.07, 6.45) is 4.92. The Morgan fingerprint density at radius 1 is 1.15 bits per heavy atom. The van der Waals surface area contributed by atoms with Crippen molar-refractivity contribution < 1.29 is 0 Å². The van der Waals surface area contributed by atoms with Gasteiger partial charge in [-0.25, -0.2) is 4.98 Å². The minimum Gasteiger partial charge on any atom is -0.354 e. The topological polar surface area (TPSA) is 44.3 Å². The van der Waals surface area contributed by atoms with Crippen molar-refractivity contribution in [3.8, 4) is 0 Å². The first-order valence-electron chi connectivity index (χ1n) is 7.43. The highest BCUT2D eigenvalue weighted by molar-refractivity contribution is 5.36. The van der Waals surface area contributed by atoms with Gasteiger partial charge >= 0.3 is 0 Å². The molecule has 1 aliphatic rings. The lowest BCUT2D eigenvalue weighted by Gasteiger charge is -2.23. The van der Waals surface area contributed by atoms with Crippen LogP contribution in [-0.4, -0.2) is 53.6 Å². The van der Waals surface area contributed by atoms with Gasteiger partial charge in [0.05, 0.1) is 11.9 Å². The summed E-state index contributed by atoms with van der Waals surface area (Å²) in [6.45, 7) is 11.6. The molecule has 1 N–H and O–H groups in total. The van der Waals surface area contributed by atoms with E-state index in [9.17, 15) is 0 Å². The van der Waals surface area contributed by atoms with Crippen LogP contribution in [0.2, 0.25) is 0 Å². The highest BCUT2D eigenvalue weighted by Gasteiger charge is 2.15. The number of aromatic nitrogens is 2. The molecule has 1 saturated heterocycles. The summed E-state index contributed by atoms with van der Waals surface area (Å²) in [5.74, 6) is 1.01. The van der Waals surface area contributed by atoms with Crippen LogP contribution in [0.4, 0.5) is 5.82 Å². The first-order valence-corrected chi connectivity index (χ1v) is 7.43. The van der Waals surface area contributed by atoms with Gasteiger partial charge in [-0.15, -0.1) is 0 Å². The van der Waals surface area contributed by atoms with E-state index in [0.717, 1.165) is 44.2 Å². The summed E-state index contributed by atoms with van der Waals surface area (Å²) in [4.78, 5) is 13.8. The molecule has 1 aromatic rings. The van der Waals surface area contributed by atoms with Gasteiger partial charge < -0.3 is 15.1 Å². The fraction of sp³-hybridized carbons (Fsp3) is 0.733. The van der Waals surface area contributed by atoms with Gasteiger partial charge in [0.15, 0.2) is 0 Å². The summed E-state index contributed by atoms with van der Waals surface area (Å²) in [5, 5.41) is 3.46. The number of hydrogen-bond acceptors (Lipinski definition) is 5. The highest BCUT2D eigenvalue weighted by Crippen LogP contribution is 2.13. The van der Waals surface area contributed by atoms with Crippen molar-refractivity contribution in [1.29, 1.82) is 0 Å². The molecule has 0 spiro atoms. The molecule has 0 atom stereocenters. The number of likely N-dealkylation sites (N-methyl/N-ethyl adjacent to an activating group) is 1. The van der Waals surface area contributed by atoms with Crippen molar-refractivity contribution in [3.05, 3.63) is 18.1 Å². The Bertz CT molecular complexity index is 427. The van der Waals surface area contributed by atoms with Crippen LogP contribution >= 0.6 is 0 Å². The molecule has 0 aromatic carbocycles. The predicted molar refractivity (Wildman–Crippen MR) is 83.0 cm³/mol. The zero-order chi connectivity index (χ0) is 14.6. The molecule has 2 heterocycles. The number of hydrogen-bond donors (Lipinski definition) is 1. The van der Waals surface area contributed by atoms with Crippen LogP contribution in [0.3, 0.4) is 0 Å². The molecule has 0 saturated carbocycles. The van der Waals surface area contributed by atoms with E-state index in [4.69, 9.17) is 4.98 Å². The number of nitrogens with zero attached hydrogens (tertiary/aromatic N) is 4. The Kier molecular flexibility index (Phi) is 4.94. The molecular weight excluding hydrogens is 250 g/mol. The van der Waals surface area contributed by atoms with E-state index < -0.39 is 0 Å². The van der Waals surface area contributed by atoms with Gasteiger partial charge in [-0.3, -0.25) is 4.98 Å². The van der Waals surface area contributed by atoms with Gasteiger partial charge in [-0.05, 0) is 40.8 Å². The van der Waals surface area contributed by atoms with Crippen molar-refractivity contribution in [1.82, 2.24) is 20.2 Å². The standard InChI is InChI=1S/C15H27N5/c1-15(2,3)17-11-13-10-16-12-14(18-13)20-7-5-6-19(4)8-9-20/h10,12,17H,5-9,11H2,1-4H3. The van der Waals surface area contributed by atoms with Crippen molar-refractivity contribution in [3.63, 3.8) is 0 Å². The fourth-order valence-electron chi connectivity index (χ4n) is 2.26. The summed E-state index contributed by atoms with van der Waals surface area (Å²) in [6, 6.07) is 0. The van der Waals surface area contributed by atoms with E-state index >= 15 is 0 Å². The van der Waals surface area contributed by atoms with Crippen LogP contribution < -0.4 is 10.2 Å². The van der Waals surface area contributed by atoms with Gasteiger partial charge in [0, 0.05) is 37.9 Å². The second-order valence-corrected chi connectivity index (χ2v) is 6.62. The summed E-state index contributed by atoms with van der Waals surface area (Å²) < 4.78 is 0. The molecule has 1 aliphatic heterocycles. The van der Waals surface area contributed by atoms with Crippen molar-refractivity contribution in [2.75, 3.05) is 38.1 Å². The molecule has 0 aliphatic carbocycles. The average Bonchev–Trinajstić information content (AvgIpc) is 2.61. The van der Waals surface area contributed by atoms with E-state index in [1.165, 1.54) is 6.42 Å². The molecule has 1 aromatic heterocycles. The quantitative estimate of drug-likeness (QED) is 0.907. The lowest BCUT2D eigenvalue weighted by molar-refractivity contribution is 0.360. The molecule has 112 valence electrons. The normalized spacial score (nSPS) is 18.1. The maximum atomic E-state index is 4.75. The van der Waals surface area contributed by atoms with Gasteiger partial charge in [0.2, 0.25) is 0 Å². The molecule has 5 heteroatoms. The first-order chi connectivity index (χ1) is 9.44. The minimum absolute atomic E-state index is 0.100. The van der Waals surface area contributed by atoms with E-state index in [1.807, 2.05) is 12.4 Å². The van der Waals surface area contributed by atoms with E-state index in [2.05, 4.69) is 47.9 Å². The van der Waals surface area contributed by atoms with Crippen molar-refractivity contribution in [2.45, 2.75) is 39.3 Å². The van der Waals surface area contributed by atoms with Crippen LogP contribution in [0, 0.1) is 0 Å². The summed E-state index contributed by atoms with van der Waals surface area (Å²) >= 11 is 0. The van der Waals surface area contributed by atoms with Gasteiger partial charge in [-0.2, -0.15) is 0 Å². The number of nitrogens with one attached hydrogen (secondary N) is 1. The third-order valence-corrected chi connectivity index (χ3v) is 3.52. The largest absolute Gasteiger partial charge is 0.354 e. The SMILES string of the molecule is CN1CCCN(c2cncc(CNC(C)(C)C)n2)CC1. The van der Waals surface area contributed by atoms with E-state index in [0.29, 0.717) is 0 Å². The third kappa shape index (κ3) is 4.72. The lowest BCUT2D eigenvalue weighted by atomic mass is 10.1. The van der Waals surface area contributed by atoms with E-state index in [1.54, 1.807) is 0 Å².